The highest BCUT2D eigenvalue weighted by atomic mass is 32.1. The third-order valence-electron chi connectivity index (χ3n) is 2.84. The van der Waals surface area contributed by atoms with E-state index in [2.05, 4.69) is 11.1 Å². The van der Waals surface area contributed by atoms with Gasteiger partial charge in [0, 0.05) is 13.0 Å². The monoisotopic (exact) mass is 235 g/mol. The number of aliphatic hydroxyl groups excluding tert-OH is 1. The maximum absolute atomic E-state index is 9.61. The Kier molecular flexibility index (Phi) is 2.63. The highest BCUT2D eigenvalue weighted by Crippen LogP contribution is 2.33. The average molecular weight is 235 g/mol. The lowest BCUT2D eigenvalue weighted by molar-refractivity contribution is -0.0447. The fraction of sp³-hybridized carbons (Fsp3) is 0.417. The summed E-state index contributed by atoms with van der Waals surface area (Å²) in [4.78, 5) is 4.55. The van der Waals surface area contributed by atoms with Gasteiger partial charge in [0.1, 0.15) is 11.1 Å². The van der Waals surface area contributed by atoms with Crippen molar-refractivity contribution < 1.29 is 9.84 Å². The number of aromatic nitrogens is 1. The number of para-hydroxylation sites is 1. The Hall–Kier alpha value is -0.970. The predicted molar refractivity (Wildman–Crippen MR) is 63.6 cm³/mol. The minimum absolute atomic E-state index is 0.0267. The van der Waals surface area contributed by atoms with Crippen LogP contribution < -0.4 is 0 Å². The maximum Gasteiger partial charge on any atom is 0.123 e. The van der Waals surface area contributed by atoms with Crippen molar-refractivity contribution in [1.82, 2.24) is 4.98 Å². The van der Waals surface area contributed by atoms with Gasteiger partial charge in [0.2, 0.25) is 0 Å². The van der Waals surface area contributed by atoms with Crippen LogP contribution in [0.1, 0.15) is 24.0 Å². The zero-order valence-electron chi connectivity index (χ0n) is 8.80. The summed E-state index contributed by atoms with van der Waals surface area (Å²) >= 11 is 1.66. The van der Waals surface area contributed by atoms with Gasteiger partial charge in [0.15, 0.2) is 0 Å². The second-order valence-electron chi connectivity index (χ2n) is 4.06. The first kappa shape index (κ1) is 10.2. The molecule has 1 fully saturated rings. The Morgan fingerprint density at radius 3 is 3.06 bits per heavy atom. The van der Waals surface area contributed by atoms with Crippen LogP contribution in [-0.2, 0) is 4.74 Å². The van der Waals surface area contributed by atoms with Crippen LogP contribution in [0.5, 0.6) is 0 Å². The number of ether oxygens (including phenoxy) is 1. The Balaban J connectivity index is 1.93. The summed E-state index contributed by atoms with van der Waals surface area (Å²) in [5.74, 6) is 0. The number of fused-ring (bicyclic) bond motifs is 1. The molecule has 2 heterocycles. The topological polar surface area (TPSA) is 42.4 Å². The number of rotatable bonds is 1. The van der Waals surface area contributed by atoms with Crippen LogP contribution in [0.3, 0.4) is 0 Å². The van der Waals surface area contributed by atoms with Crippen molar-refractivity contribution >= 4 is 21.6 Å². The summed E-state index contributed by atoms with van der Waals surface area (Å²) in [6, 6.07) is 8.08. The fourth-order valence-corrected chi connectivity index (χ4v) is 3.01. The molecule has 0 bridgehead atoms. The van der Waals surface area contributed by atoms with Crippen molar-refractivity contribution in [3.63, 3.8) is 0 Å². The number of hydrogen-bond donors (Lipinski definition) is 1. The van der Waals surface area contributed by atoms with Gasteiger partial charge in [-0.3, -0.25) is 0 Å². The quantitative estimate of drug-likeness (QED) is 0.825. The summed E-state index contributed by atoms with van der Waals surface area (Å²) in [5.41, 5.74) is 1.02. The largest absolute Gasteiger partial charge is 0.393 e. The van der Waals surface area contributed by atoms with E-state index in [-0.39, 0.29) is 12.2 Å². The zero-order valence-corrected chi connectivity index (χ0v) is 9.61. The van der Waals surface area contributed by atoms with Crippen LogP contribution in [0.25, 0.3) is 10.2 Å². The normalized spacial score (nSPS) is 26.1. The standard InChI is InChI=1S/C12H13NO2S/c14-8-5-6-15-10(7-8)12-13-9-3-1-2-4-11(9)16-12/h1-4,8,10,14H,5-7H2. The van der Waals surface area contributed by atoms with E-state index in [4.69, 9.17) is 4.74 Å². The lowest BCUT2D eigenvalue weighted by atomic mass is 10.1. The van der Waals surface area contributed by atoms with E-state index in [0.29, 0.717) is 13.0 Å². The number of thiazole rings is 1. The Morgan fingerprint density at radius 2 is 2.25 bits per heavy atom. The van der Waals surface area contributed by atoms with Crippen LogP contribution in [0.2, 0.25) is 0 Å². The lowest BCUT2D eigenvalue weighted by Crippen LogP contribution is -2.23. The number of benzene rings is 1. The SMILES string of the molecule is OC1CCOC(c2nc3ccccc3s2)C1. The molecule has 1 saturated heterocycles. The molecule has 1 aliphatic heterocycles. The van der Waals surface area contributed by atoms with Crippen LogP contribution in [0, 0.1) is 0 Å². The molecular formula is C12H13NO2S. The van der Waals surface area contributed by atoms with Gasteiger partial charge in [0.25, 0.3) is 0 Å². The Morgan fingerprint density at radius 1 is 1.38 bits per heavy atom. The molecule has 4 heteroatoms. The van der Waals surface area contributed by atoms with Gasteiger partial charge in [-0.05, 0) is 18.6 Å². The third-order valence-corrected chi connectivity index (χ3v) is 3.97. The smallest absolute Gasteiger partial charge is 0.123 e. The number of hydrogen-bond acceptors (Lipinski definition) is 4. The maximum atomic E-state index is 9.61. The predicted octanol–water partition coefficient (Wildman–Crippen LogP) is 2.51. The number of aliphatic hydroxyl groups is 1. The second kappa shape index (κ2) is 4.13. The molecule has 2 unspecified atom stereocenters. The second-order valence-corrected chi connectivity index (χ2v) is 5.12. The van der Waals surface area contributed by atoms with Crippen molar-refractivity contribution in [3.8, 4) is 0 Å². The molecule has 0 amide bonds. The molecule has 84 valence electrons. The summed E-state index contributed by atoms with van der Waals surface area (Å²) in [6.07, 6.45) is 1.13. The molecule has 2 atom stereocenters. The van der Waals surface area contributed by atoms with Gasteiger partial charge in [-0.2, -0.15) is 0 Å². The van der Waals surface area contributed by atoms with Crippen LogP contribution >= 0.6 is 11.3 Å². The molecule has 16 heavy (non-hydrogen) atoms. The van der Waals surface area contributed by atoms with Crippen LogP contribution in [0.15, 0.2) is 24.3 Å². The van der Waals surface area contributed by atoms with E-state index in [1.54, 1.807) is 11.3 Å². The molecule has 0 radical (unpaired) electrons. The average Bonchev–Trinajstić information content (AvgIpc) is 2.72. The molecule has 2 aromatic rings. The molecule has 3 nitrogen and oxygen atoms in total. The van der Waals surface area contributed by atoms with Crippen molar-refractivity contribution in [2.24, 2.45) is 0 Å². The fourth-order valence-electron chi connectivity index (χ4n) is 1.98. The molecule has 1 aromatic heterocycles. The first-order valence-electron chi connectivity index (χ1n) is 5.48. The van der Waals surface area contributed by atoms with Crippen molar-refractivity contribution in [2.75, 3.05) is 6.61 Å². The molecule has 3 rings (SSSR count). The molecular weight excluding hydrogens is 222 g/mol. The van der Waals surface area contributed by atoms with E-state index in [0.717, 1.165) is 16.9 Å². The molecule has 1 aliphatic rings. The first-order chi connectivity index (χ1) is 7.83. The molecule has 1 aromatic carbocycles. The molecule has 1 N–H and O–H groups in total. The lowest BCUT2D eigenvalue weighted by Gasteiger charge is -2.24. The minimum Gasteiger partial charge on any atom is -0.393 e. The van der Waals surface area contributed by atoms with Gasteiger partial charge < -0.3 is 9.84 Å². The number of nitrogens with zero attached hydrogens (tertiary/aromatic N) is 1. The van der Waals surface area contributed by atoms with Gasteiger partial charge in [-0.25, -0.2) is 4.98 Å². The first-order valence-corrected chi connectivity index (χ1v) is 6.30. The summed E-state index contributed by atoms with van der Waals surface area (Å²) < 4.78 is 6.83. The minimum atomic E-state index is -0.245. The molecule has 0 spiro atoms. The van der Waals surface area contributed by atoms with E-state index >= 15 is 0 Å². The third kappa shape index (κ3) is 1.84. The van der Waals surface area contributed by atoms with Crippen LogP contribution in [-0.4, -0.2) is 22.8 Å². The van der Waals surface area contributed by atoms with Gasteiger partial charge in [0.05, 0.1) is 16.3 Å². The van der Waals surface area contributed by atoms with E-state index < -0.39 is 0 Å². The zero-order chi connectivity index (χ0) is 11.0. The van der Waals surface area contributed by atoms with Gasteiger partial charge in [-0.15, -0.1) is 11.3 Å². The van der Waals surface area contributed by atoms with Crippen molar-refractivity contribution in [3.05, 3.63) is 29.3 Å². The Bertz CT molecular complexity index is 463. The van der Waals surface area contributed by atoms with Gasteiger partial charge in [-0.1, -0.05) is 12.1 Å². The van der Waals surface area contributed by atoms with Gasteiger partial charge >= 0.3 is 0 Å². The summed E-state index contributed by atoms with van der Waals surface area (Å²) in [5, 5.41) is 10.6. The molecule has 0 saturated carbocycles. The highest BCUT2D eigenvalue weighted by molar-refractivity contribution is 7.18. The van der Waals surface area contributed by atoms with Crippen molar-refractivity contribution in [1.29, 1.82) is 0 Å². The van der Waals surface area contributed by atoms with Crippen molar-refractivity contribution in [2.45, 2.75) is 25.0 Å². The summed E-state index contributed by atoms with van der Waals surface area (Å²) in [7, 11) is 0. The van der Waals surface area contributed by atoms with E-state index in [1.807, 2.05) is 18.2 Å². The Labute approximate surface area is 97.7 Å². The van der Waals surface area contributed by atoms with E-state index in [1.165, 1.54) is 4.70 Å². The van der Waals surface area contributed by atoms with Crippen LogP contribution in [0.4, 0.5) is 0 Å². The summed E-state index contributed by atoms with van der Waals surface area (Å²) in [6.45, 7) is 0.627. The van der Waals surface area contributed by atoms with E-state index in [9.17, 15) is 5.11 Å². The highest BCUT2D eigenvalue weighted by Gasteiger charge is 2.24. The molecule has 0 aliphatic carbocycles.